The molecule has 1 aliphatic rings. The normalized spacial score (nSPS) is 19.3. The van der Waals surface area contributed by atoms with E-state index in [2.05, 4.69) is 17.9 Å². The fourth-order valence-corrected chi connectivity index (χ4v) is 1.14. The predicted octanol–water partition coefficient (Wildman–Crippen LogP) is 1.06. The molecule has 0 aromatic carbocycles. The maximum atomic E-state index is 10.5. The molecule has 0 aliphatic heterocycles. The molecule has 1 aliphatic carbocycles. The van der Waals surface area contributed by atoms with Gasteiger partial charge in [0.25, 0.3) is 0 Å². The van der Waals surface area contributed by atoms with Crippen molar-refractivity contribution < 1.29 is 9.63 Å². The number of hydrazine groups is 1. The van der Waals surface area contributed by atoms with Crippen molar-refractivity contribution in [3.8, 4) is 0 Å². The van der Waals surface area contributed by atoms with E-state index in [1.807, 2.05) is 18.1 Å². The number of carbonyl (C=O) groups excluding carboxylic acids is 1. The highest BCUT2D eigenvalue weighted by atomic mass is 16.7. The molecular weight excluding hydrogens is 192 g/mol. The summed E-state index contributed by atoms with van der Waals surface area (Å²) in [5.74, 6) is 1.88. The molecule has 4 heteroatoms. The van der Waals surface area contributed by atoms with Crippen molar-refractivity contribution in [2.45, 2.75) is 25.8 Å². The Hall–Kier alpha value is -1.19. The lowest BCUT2D eigenvalue weighted by atomic mass is 10.1. The van der Waals surface area contributed by atoms with Crippen molar-refractivity contribution in [2.75, 3.05) is 6.61 Å². The molecule has 0 aromatic heterocycles. The first-order chi connectivity index (χ1) is 7.38. The zero-order valence-corrected chi connectivity index (χ0v) is 8.82. The Bertz CT molecular complexity index is 291. The Kier molecular flexibility index (Phi) is 5.66. The molecule has 0 saturated carbocycles. The molecule has 0 aromatic rings. The van der Waals surface area contributed by atoms with Crippen LogP contribution in [-0.4, -0.2) is 18.6 Å². The highest BCUT2D eigenvalue weighted by molar-refractivity contribution is 5.62. The van der Waals surface area contributed by atoms with Gasteiger partial charge >= 0.3 is 0 Å². The summed E-state index contributed by atoms with van der Waals surface area (Å²) in [5.41, 5.74) is 6.05. The second-order valence-corrected chi connectivity index (χ2v) is 3.23. The lowest BCUT2D eigenvalue weighted by molar-refractivity contribution is 0.00688. The van der Waals surface area contributed by atoms with E-state index in [1.54, 1.807) is 12.2 Å². The molecule has 82 valence electrons. The van der Waals surface area contributed by atoms with Gasteiger partial charge in [0.2, 0.25) is 0 Å². The van der Waals surface area contributed by atoms with E-state index < -0.39 is 0 Å². The second-order valence-electron chi connectivity index (χ2n) is 3.23. The van der Waals surface area contributed by atoms with Gasteiger partial charge in [0.1, 0.15) is 5.94 Å². The molecule has 0 saturated heterocycles. The lowest BCUT2D eigenvalue weighted by Crippen LogP contribution is -2.41. The monoisotopic (exact) mass is 208 g/mol. The summed E-state index contributed by atoms with van der Waals surface area (Å²) < 4.78 is 0. The topological polar surface area (TPSA) is 50.4 Å². The Labute approximate surface area is 89.6 Å². The van der Waals surface area contributed by atoms with Crippen LogP contribution in [0.25, 0.3) is 0 Å². The minimum atomic E-state index is -0.172. The van der Waals surface area contributed by atoms with E-state index in [4.69, 9.17) is 4.84 Å². The van der Waals surface area contributed by atoms with Crippen molar-refractivity contribution in [1.82, 2.24) is 11.0 Å². The summed E-state index contributed by atoms with van der Waals surface area (Å²) in [6.45, 7) is 2.74. The summed E-state index contributed by atoms with van der Waals surface area (Å²) in [6.07, 6.45) is 9.34. The highest BCUT2D eigenvalue weighted by Gasteiger charge is 2.10. The second kappa shape index (κ2) is 7.15. The van der Waals surface area contributed by atoms with Crippen LogP contribution >= 0.6 is 0 Å². The molecule has 2 N–H and O–H groups in total. The van der Waals surface area contributed by atoms with Crippen LogP contribution in [-0.2, 0) is 9.63 Å². The number of nitrogens with one attached hydrogen (secondary N) is 2. The van der Waals surface area contributed by atoms with Crippen molar-refractivity contribution in [3.05, 3.63) is 29.9 Å². The molecular formula is C11H16N2O2. The minimum absolute atomic E-state index is 0.172. The molecule has 0 spiro atoms. The average Bonchev–Trinajstić information content (AvgIpc) is 2.29. The minimum Gasteiger partial charge on any atom is -0.287 e. The van der Waals surface area contributed by atoms with E-state index in [0.717, 1.165) is 12.8 Å². The SMILES string of the molecule is CCCCONNC1C=CC=CC1=C=O. The van der Waals surface area contributed by atoms with E-state index >= 15 is 0 Å². The quantitative estimate of drug-likeness (QED) is 0.389. The van der Waals surface area contributed by atoms with E-state index in [1.165, 1.54) is 0 Å². The van der Waals surface area contributed by atoms with Crippen LogP contribution < -0.4 is 11.0 Å². The first-order valence-electron chi connectivity index (χ1n) is 5.10. The van der Waals surface area contributed by atoms with Crippen molar-refractivity contribution in [3.63, 3.8) is 0 Å². The number of unbranched alkanes of at least 4 members (excludes halogenated alkanes) is 1. The Morgan fingerprint density at radius 1 is 1.53 bits per heavy atom. The summed E-state index contributed by atoms with van der Waals surface area (Å²) in [4.78, 5) is 15.7. The first-order valence-corrected chi connectivity index (χ1v) is 5.10. The fourth-order valence-electron chi connectivity index (χ4n) is 1.14. The third-order valence-corrected chi connectivity index (χ3v) is 2.03. The maximum absolute atomic E-state index is 10.5. The van der Waals surface area contributed by atoms with E-state index in [9.17, 15) is 4.79 Å². The fraction of sp³-hybridized carbons (Fsp3) is 0.455. The standard InChI is InChI=1S/C11H16N2O2/c1-2-3-8-15-13-12-11-7-5-4-6-10(11)9-14/h4-7,11-13H,2-3,8H2,1H3. The summed E-state index contributed by atoms with van der Waals surface area (Å²) >= 11 is 0. The molecule has 1 unspecified atom stereocenters. The number of rotatable bonds is 6. The van der Waals surface area contributed by atoms with Crippen LogP contribution in [0.5, 0.6) is 0 Å². The smallest absolute Gasteiger partial charge is 0.130 e. The van der Waals surface area contributed by atoms with Gasteiger partial charge in [-0.1, -0.05) is 31.6 Å². The number of hydrogen-bond acceptors (Lipinski definition) is 4. The van der Waals surface area contributed by atoms with Gasteiger partial charge in [-0.2, -0.15) is 0 Å². The Balaban J connectivity index is 2.23. The van der Waals surface area contributed by atoms with Gasteiger partial charge in [-0.15, -0.1) is 5.59 Å². The zero-order chi connectivity index (χ0) is 10.9. The van der Waals surface area contributed by atoms with Gasteiger partial charge in [-0.25, -0.2) is 10.2 Å². The number of allylic oxidation sites excluding steroid dienone is 2. The summed E-state index contributed by atoms with van der Waals surface area (Å²) in [6, 6.07) is -0.172. The van der Waals surface area contributed by atoms with Gasteiger partial charge in [-0.3, -0.25) is 4.84 Å². The van der Waals surface area contributed by atoms with Crippen LogP contribution in [0, 0.1) is 0 Å². The van der Waals surface area contributed by atoms with Crippen molar-refractivity contribution in [2.24, 2.45) is 0 Å². The molecule has 4 nitrogen and oxygen atoms in total. The third kappa shape index (κ3) is 4.23. The lowest BCUT2D eigenvalue weighted by Gasteiger charge is -2.16. The Morgan fingerprint density at radius 3 is 3.13 bits per heavy atom. The van der Waals surface area contributed by atoms with Crippen LogP contribution in [0.15, 0.2) is 29.9 Å². The molecule has 0 heterocycles. The molecule has 1 rings (SSSR count). The zero-order valence-electron chi connectivity index (χ0n) is 8.82. The number of hydrogen-bond donors (Lipinski definition) is 2. The van der Waals surface area contributed by atoms with Gasteiger partial charge in [-0.05, 0) is 12.5 Å². The van der Waals surface area contributed by atoms with Crippen molar-refractivity contribution in [1.29, 1.82) is 0 Å². The van der Waals surface area contributed by atoms with Crippen LogP contribution in [0.2, 0.25) is 0 Å². The average molecular weight is 208 g/mol. The summed E-state index contributed by atoms with van der Waals surface area (Å²) in [5, 5.41) is 0. The van der Waals surface area contributed by atoms with E-state index in [0.29, 0.717) is 12.2 Å². The highest BCUT2D eigenvalue weighted by Crippen LogP contribution is 2.06. The maximum Gasteiger partial charge on any atom is 0.130 e. The third-order valence-electron chi connectivity index (χ3n) is 2.03. The van der Waals surface area contributed by atoms with Gasteiger partial charge < -0.3 is 0 Å². The first kappa shape index (κ1) is 11.9. The predicted molar refractivity (Wildman–Crippen MR) is 58.4 cm³/mol. The molecule has 15 heavy (non-hydrogen) atoms. The van der Waals surface area contributed by atoms with Gasteiger partial charge in [0.15, 0.2) is 0 Å². The van der Waals surface area contributed by atoms with Crippen LogP contribution in [0.1, 0.15) is 19.8 Å². The molecule has 0 fully saturated rings. The van der Waals surface area contributed by atoms with Gasteiger partial charge in [0.05, 0.1) is 18.2 Å². The Morgan fingerprint density at radius 2 is 2.40 bits per heavy atom. The molecule has 0 bridgehead atoms. The largest absolute Gasteiger partial charge is 0.287 e. The van der Waals surface area contributed by atoms with Crippen LogP contribution in [0.4, 0.5) is 0 Å². The summed E-state index contributed by atoms with van der Waals surface area (Å²) in [7, 11) is 0. The van der Waals surface area contributed by atoms with Crippen LogP contribution in [0.3, 0.4) is 0 Å². The molecule has 1 atom stereocenters. The molecule has 0 amide bonds. The van der Waals surface area contributed by atoms with Gasteiger partial charge in [0, 0.05) is 0 Å². The molecule has 0 radical (unpaired) electrons. The van der Waals surface area contributed by atoms with E-state index in [-0.39, 0.29) is 6.04 Å². The van der Waals surface area contributed by atoms with Crippen molar-refractivity contribution >= 4 is 5.94 Å².